The average molecular weight is 894 g/mol. The van der Waals surface area contributed by atoms with Crippen LogP contribution in [0.3, 0.4) is 0 Å². The number of carbonyl (C=O) groups excluding carboxylic acids is 1. The molecule has 0 aromatic rings. The van der Waals surface area contributed by atoms with Crippen LogP contribution in [0.1, 0.15) is 245 Å². The highest BCUT2D eigenvalue weighted by Crippen LogP contribution is 2.43. The summed E-state index contributed by atoms with van der Waals surface area (Å²) in [6.07, 6.45) is 61.4. The summed E-state index contributed by atoms with van der Waals surface area (Å²) < 4.78 is 33.6. The van der Waals surface area contributed by atoms with Gasteiger partial charge in [-0.2, -0.15) is 0 Å². The van der Waals surface area contributed by atoms with Gasteiger partial charge >= 0.3 is 13.8 Å². The molecule has 0 rings (SSSR count). The van der Waals surface area contributed by atoms with Crippen LogP contribution in [0.15, 0.2) is 48.6 Å². The van der Waals surface area contributed by atoms with E-state index < -0.39 is 13.9 Å². The summed E-state index contributed by atoms with van der Waals surface area (Å²) in [6, 6.07) is 0. The Morgan fingerprint density at radius 2 is 0.855 bits per heavy atom. The second-order valence-corrected chi connectivity index (χ2v) is 18.8. The van der Waals surface area contributed by atoms with Crippen molar-refractivity contribution in [2.24, 2.45) is 5.73 Å². The van der Waals surface area contributed by atoms with E-state index in [9.17, 15) is 14.3 Å². The van der Waals surface area contributed by atoms with Gasteiger partial charge < -0.3 is 20.1 Å². The quantitative estimate of drug-likeness (QED) is 0.0268. The first-order chi connectivity index (χ1) is 30.4. The van der Waals surface area contributed by atoms with Crippen LogP contribution < -0.4 is 5.73 Å². The number of allylic oxidation sites excluding steroid dienone is 8. The summed E-state index contributed by atoms with van der Waals surface area (Å²) in [5, 5.41) is 0. The molecule has 9 heteroatoms. The number of carbonyl (C=O) groups is 1. The Morgan fingerprint density at radius 3 is 1.29 bits per heavy atom. The zero-order valence-corrected chi connectivity index (χ0v) is 41.5. The van der Waals surface area contributed by atoms with E-state index in [0.29, 0.717) is 13.0 Å². The first kappa shape index (κ1) is 60.5. The molecule has 0 radical (unpaired) electrons. The fraction of sp³-hybridized carbons (Fsp3) is 0.830. The molecule has 0 heterocycles. The molecule has 0 aromatic heterocycles. The molecule has 0 bridgehead atoms. The molecule has 0 aromatic carbocycles. The third-order valence-electron chi connectivity index (χ3n) is 11.2. The van der Waals surface area contributed by atoms with Crippen molar-refractivity contribution in [3.8, 4) is 0 Å². The molecule has 0 fully saturated rings. The summed E-state index contributed by atoms with van der Waals surface area (Å²) in [6.45, 7) is 4.92. The largest absolute Gasteiger partial charge is 0.472 e. The molecular formula is C53H100NO7P. The summed E-state index contributed by atoms with van der Waals surface area (Å²) in [7, 11) is -4.29. The molecule has 62 heavy (non-hydrogen) atoms. The van der Waals surface area contributed by atoms with E-state index >= 15 is 0 Å². The monoisotopic (exact) mass is 894 g/mol. The van der Waals surface area contributed by atoms with Crippen LogP contribution >= 0.6 is 7.82 Å². The second-order valence-electron chi connectivity index (χ2n) is 17.4. The van der Waals surface area contributed by atoms with Crippen LogP contribution in [-0.2, 0) is 27.9 Å². The molecule has 2 atom stereocenters. The molecule has 8 nitrogen and oxygen atoms in total. The first-order valence-electron chi connectivity index (χ1n) is 26.1. The van der Waals surface area contributed by atoms with Crippen molar-refractivity contribution in [2.75, 3.05) is 33.0 Å². The number of phosphoric acid groups is 1. The zero-order chi connectivity index (χ0) is 45.1. The van der Waals surface area contributed by atoms with Gasteiger partial charge in [0, 0.05) is 19.6 Å². The lowest BCUT2D eigenvalue weighted by Gasteiger charge is -2.20. The predicted molar refractivity (Wildman–Crippen MR) is 266 cm³/mol. The highest BCUT2D eigenvalue weighted by atomic mass is 31.2. The molecule has 0 aliphatic carbocycles. The fourth-order valence-corrected chi connectivity index (χ4v) is 8.12. The summed E-state index contributed by atoms with van der Waals surface area (Å²) in [5.41, 5.74) is 5.39. The van der Waals surface area contributed by atoms with Crippen molar-refractivity contribution in [3.63, 3.8) is 0 Å². The highest BCUT2D eigenvalue weighted by Gasteiger charge is 2.25. The molecule has 0 aliphatic rings. The van der Waals surface area contributed by atoms with Gasteiger partial charge in [0.1, 0.15) is 6.10 Å². The third kappa shape index (κ3) is 49.5. The minimum Gasteiger partial charge on any atom is -0.457 e. The van der Waals surface area contributed by atoms with E-state index in [4.69, 9.17) is 24.3 Å². The van der Waals surface area contributed by atoms with Gasteiger partial charge in [0.25, 0.3) is 0 Å². The predicted octanol–water partition coefficient (Wildman–Crippen LogP) is 16.3. The van der Waals surface area contributed by atoms with Gasteiger partial charge in [0.2, 0.25) is 0 Å². The van der Waals surface area contributed by atoms with Crippen molar-refractivity contribution < 1.29 is 32.8 Å². The van der Waals surface area contributed by atoms with Crippen molar-refractivity contribution in [1.82, 2.24) is 0 Å². The van der Waals surface area contributed by atoms with E-state index in [1.807, 2.05) is 0 Å². The van der Waals surface area contributed by atoms with E-state index in [-0.39, 0.29) is 32.3 Å². The van der Waals surface area contributed by atoms with Crippen LogP contribution in [0, 0.1) is 0 Å². The Morgan fingerprint density at radius 1 is 0.484 bits per heavy atom. The third-order valence-corrected chi connectivity index (χ3v) is 12.2. The summed E-state index contributed by atoms with van der Waals surface area (Å²) >= 11 is 0. The maximum atomic E-state index is 12.7. The molecular weight excluding hydrogens is 794 g/mol. The van der Waals surface area contributed by atoms with Crippen LogP contribution in [0.25, 0.3) is 0 Å². The van der Waals surface area contributed by atoms with Crippen molar-refractivity contribution >= 4 is 13.8 Å². The van der Waals surface area contributed by atoms with E-state index in [1.54, 1.807) is 0 Å². The Hall–Kier alpha value is -1.54. The van der Waals surface area contributed by atoms with Gasteiger partial charge in [0.05, 0.1) is 19.8 Å². The lowest BCUT2D eigenvalue weighted by molar-refractivity contribution is -0.154. The Balaban J connectivity index is 3.95. The van der Waals surface area contributed by atoms with E-state index in [0.717, 1.165) is 44.9 Å². The molecule has 3 N–H and O–H groups in total. The average Bonchev–Trinajstić information content (AvgIpc) is 3.26. The summed E-state index contributed by atoms with van der Waals surface area (Å²) in [5.74, 6) is -0.333. The molecule has 364 valence electrons. The van der Waals surface area contributed by atoms with Gasteiger partial charge in [-0.05, 0) is 77.0 Å². The number of unbranched alkanes of at least 4 members (excludes halogenated alkanes) is 29. The van der Waals surface area contributed by atoms with Crippen LogP contribution in [0.5, 0.6) is 0 Å². The first-order valence-corrected chi connectivity index (χ1v) is 27.6. The molecule has 0 spiro atoms. The van der Waals surface area contributed by atoms with Gasteiger partial charge in [-0.15, -0.1) is 0 Å². The SMILES string of the molecule is CCCCCCC/C=C\C/C=C\C/C=C\CCCCCCCCCCCOCC(COP(=O)(O)OCCN)OC(=O)CCCCCCCCCCC/C=C\CCCCCCCC. The number of ether oxygens (including phenoxy) is 2. The molecule has 0 aliphatic heterocycles. The van der Waals surface area contributed by atoms with Crippen molar-refractivity contribution in [1.29, 1.82) is 0 Å². The smallest absolute Gasteiger partial charge is 0.457 e. The van der Waals surface area contributed by atoms with Gasteiger partial charge in [0.15, 0.2) is 0 Å². The fourth-order valence-electron chi connectivity index (χ4n) is 7.35. The number of hydrogen-bond acceptors (Lipinski definition) is 7. The second kappa shape index (κ2) is 50.5. The standard InChI is InChI=1S/C53H100NO7P/c1-3-5-7-9-11-13-15-17-19-21-23-24-25-26-27-29-31-33-35-37-39-41-43-45-48-58-50-52(51-60-62(56,57)59-49-47-54)61-53(55)46-44-42-40-38-36-34-32-30-28-22-20-18-16-14-12-10-8-6-4-2/h15,17-18,20-21,23,25-26,52H,3-14,16,19,22,24,27-51,54H2,1-2H3,(H,56,57)/b17-15-,20-18-,23-21-,26-25-. The van der Waals surface area contributed by atoms with Gasteiger partial charge in [-0.3, -0.25) is 13.8 Å². The van der Waals surface area contributed by atoms with Crippen LogP contribution in [-0.4, -0.2) is 49.9 Å². The molecule has 2 unspecified atom stereocenters. The number of esters is 1. The van der Waals surface area contributed by atoms with Crippen LogP contribution in [0.4, 0.5) is 0 Å². The van der Waals surface area contributed by atoms with E-state index in [2.05, 4.69) is 62.5 Å². The molecule has 0 amide bonds. The Bertz CT molecular complexity index is 1090. The molecule has 0 saturated heterocycles. The minimum absolute atomic E-state index is 0.0976. The van der Waals surface area contributed by atoms with E-state index in [1.165, 1.54) is 180 Å². The maximum absolute atomic E-state index is 12.7. The molecule has 0 saturated carbocycles. The Kier molecular flexibility index (Phi) is 49.2. The normalized spacial score (nSPS) is 13.7. The summed E-state index contributed by atoms with van der Waals surface area (Å²) in [4.78, 5) is 22.6. The van der Waals surface area contributed by atoms with Gasteiger partial charge in [-0.1, -0.05) is 210 Å². The van der Waals surface area contributed by atoms with Gasteiger partial charge in [-0.25, -0.2) is 4.57 Å². The topological polar surface area (TPSA) is 117 Å². The Labute approximate surface area is 383 Å². The maximum Gasteiger partial charge on any atom is 0.472 e. The highest BCUT2D eigenvalue weighted by molar-refractivity contribution is 7.47. The van der Waals surface area contributed by atoms with Crippen molar-refractivity contribution in [2.45, 2.75) is 251 Å². The number of hydrogen-bond donors (Lipinski definition) is 2. The lowest BCUT2D eigenvalue weighted by Crippen LogP contribution is -2.28. The van der Waals surface area contributed by atoms with Crippen LogP contribution in [0.2, 0.25) is 0 Å². The lowest BCUT2D eigenvalue weighted by atomic mass is 10.1. The zero-order valence-electron chi connectivity index (χ0n) is 40.6. The number of phosphoric ester groups is 1. The minimum atomic E-state index is -4.29. The number of rotatable bonds is 50. The van der Waals surface area contributed by atoms with Crippen molar-refractivity contribution in [3.05, 3.63) is 48.6 Å². The number of nitrogens with two attached hydrogens (primary N) is 1.